The lowest BCUT2D eigenvalue weighted by atomic mass is 9.69. The van der Waals surface area contributed by atoms with E-state index in [0.717, 1.165) is 25.0 Å². The minimum absolute atomic E-state index is 0.392. The van der Waals surface area contributed by atoms with E-state index in [4.69, 9.17) is 4.74 Å². The molecule has 0 spiro atoms. The maximum atomic E-state index is 5.91. The molecule has 3 aliphatic rings. The van der Waals surface area contributed by atoms with Gasteiger partial charge in [0.15, 0.2) is 0 Å². The van der Waals surface area contributed by atoms with Gasteiger partial charge in [0, 0.05) is 32.2 Å². The molecule has 3 nitrogen and oxygen atoms in total. The number of hydrogen-bond donors (Lipinski definition) is 1. The van der Waals surface area contributed by atoms with Crippen LogP contribution in [0, 0.1) is 11.3 Å². The molecule has 1 saturated heterocycles. The predicted octanol–water partition coefficient (Wildman–Crippen LogP) is 3.04. The van der Waals surface area contributed by atoms with Gasteiger partial charge >= 0.3 is 0 Å². The molecule has 0 aromatic heterocycles. The van der Waals surface area contributed by atoms with Gasteiger partial charge in [0.2, 0.25) is 0 Å². The molecule has 0 radical (unpaired) electrons. The Kier molecular flexibility index (Phi) is 4.92. The van der Waals surface area contributed by atoms with E-state index in [1.54, 1.807) is 0 Å². The number of ether oxygens (including phenoxy) is 1. The van der Waals surface area contributed by atoms with E-state index in [2.05, 4.69) is 31.0 Å². The van der Waals surface area contributed by atoms with E-state index >= 15 is 0 Å². The fourth-order valence-corrected chi connectivity index (χ4v) is 4.67. The minimum atomic E-state index is 0.392. The zero-order valence-corrected chi connectivity index (χ0v) is 14.2. The summed E-state index contributed by atoms with van der Waals surface area (Å²) < 4.78 is 5.91. The van der Waals surface area contributed by atoms with Crippen molar-refractivity contribution in [3.63, 3.8) is 0 Å². The van der Waals surface area contributed by atoms with E-state index in [1.165, 1.54) is 51.6 Å². The van der Waals surface area contributed by atoms with Gasteiger partial charge in [0.05, 0.1) is 12.2 Å². The molecule has 2 aliphatic carbocycles. The van der Waals surface area contributed by atoms with Crippen molar-refractivity contribution in [2.45, 2.75) is 77.5 Å². The molecule has 1 aliphatic heterocycles. The van der Waals surface area contributed by atoms with Crippen LogP contribution in [0.4, 0.5) is 0 Å². The molecular formula is C18H34N2O. The van der Waals surface area contributed by atoms with E-state index < -0.39 is 0 Å². The number of rotatable bonds is 5. The van der Waals surface area contributed by atoms with Crippen LogP contribution in [0.25, 0.3) is 0 Å². The Labute approximate surface area is 130 Å². The van der Waals surface area contributed by atoms with Gasteiger partial charge in [-0.1, -0.05) is 19.8 Å². The number of nitrogens with one attached hydrogen (secondary N) is 1. The average molecular weight is 294 g/mol. The first-order valence-electron chi connectivity index (χ1n) is 9.16. The molecule has 0 aromatic rings. The molecule has 122 valence electrons. The Bertz CT molecular complexity index is 334. The second-order valence-corrected chi connectivity index (χ2v) is 8.31. The monoisotopic (exact) mass is 294 g/mol. The van der Waals surface area contributed by atoms with E-state index in [9.17, 15) is 0 Å². The van der Waals surface area contributed by atoms with Gasteiger partial charge in [-0.2, -0.15) is 0 Å². The Morgan fingerprint density at radius 3 is 2.43 bits per heavy atom. The molecule has 0 aromatic carbocycles. The van der Waals surface area contributed by atoms with Crippen LogP contribution >= 0.6 is 0 Å². The normalized spacial score (nSPS) is 42.1. The molecule has 1 N–H and O–H groups in total. The third-order valence-corrected chi connectivity index (χ3v) is 5.58. The molecule has 4 atom stereocenters. The van der Waals surface area contributed by atoms with E-state index in [1.807, 2.05) is 0 Å². The van der Waals surface area contributed by atoms with Gasteiger partial charge < -0.3 is 10.1 Å². The molecule has 4 unspecified atom stereocenters. The first kappa shape index (κ1) is 15.8. The second kappa shape index (κ2) is 6.55. The highest BCUT2D eigenvalue weighted by Crippen LogP contribution is 2.40. The van der Waals surface area contributed by atoms with Gasteiger partial charge in [-0.15, -0.1) is 0 Å². The van der Waals surface area contributed by atoms with Crippen LogP contribution in [0.1, 0.15) is 59.3 Å². The first-order chi connectivity index (χ1) is 10.0. The first-order valence-corrected chi connectivity index (χ1v) is 9.16. The molecule has 3 heteroatoms. The van der Waals surface area contributed by atoms with Crippen molar-refractivity contribution in [3.8, 4) is 0 Å². The summed E-state index contributed by atoms with van der Waals surface area (Å²) in [4.78, 5) is 2.69. The van der Waals surface area contributed by atoms with Crippen molar-refractivity contribution >= 4 is 0 Å². The molecule has 1 heterocycles. The summed E-state index contributed by atoms with van der Waals surface area (Å²) in [6.45, 7) is 11.6. The SMILES string of the molecule is CC1CCCC(CNC2CC2)(CN2CC(C)OC(C)C2)C1. The smallest absolute Gasteiger partial charge is 0.0678 e. The van der Waals surface area contributed by atoms with Gasteiger partial charge in [0.25, 0.3) is 0 Å². The summed E-state index contributed by atoms with van der Waals surface area (Å²) in [5.74, 6) is 0.899. The zero-order valence-electron chi connectivity index (χ0n) is 14.2. The third kappa shape index (κ3) is 4.43. The highest BCUT2D eigenvalue weighted by Gasteiger charge is 2.39. The van der Waals surface area contributed by atoms with Crippen molar-refractivity contribution in [1.29, 1.82) is 0 Å². The molecule has 3 fully saturated rings. The Hall–Kier alpha value is -0.120. The average Bonchev–Trinajstić information content (AvgIpc) is 3.19. The van der Waals surface area contributed by atoms with Gasteiger partial charge in [-0.05, 0) is 50.9 Å². The fraction of sp³-hybridized carbons (Fsp3) is 1.00. The largest absolute Gasteiger partial charge is 0.373 e. The lowest BCUT2D eigenvalue weighted by Crippen LogP contribution is -2.53. The van der Waals surface area contributed by atoms with Crippen LogP contribution in [0.5, 0.6) is 0 Å². The van der Waals surface area contributed by atoms with Crippen LogP contribution < -0.4 is 5.32 Å². The second-order valence-electron chi connectivity index (χ2n) is 8.31. The fourth-order valence-electron chi connectivity index (χ4n) is 4.67. The maximum Gasteiger partial charge on any atom is 0.0678 e. The number of morpholine rings is 1. The highest BCUT2D eigenvalue weighted by atomic mass is 16.5. The molecule has 0 amide bonds. The van der Waals surface area contributed by atoms with Crippen LogP contribution in [0.15, 0.2) is 0 Å². The molecule has 21 heavy (non-hydrogen) atoms. The van der Waals surface area contributed by atoms with Gasteiger partial charge in [-0.3, -0.25) is 4.90 Å². The summed E-state index contributed by atoms with van der Waals surface area (Å²) >= 11 is 0. The Morgan fingerprint density at radius 1 is 1.10 bits per heavy atom. The van der Waals surface area contributed by atoms with Crippen molar-refractivity contribution in [1.82, 2.24) is 10.2 Å². The lowest BCUT2D eigenvalue weighted by Gasteiger charge is -2.46. The van der Waals surface area contributed by atoms with E-state index in [-0.39, 0.29) is 0 Å². The third-order valence-electron chi connectivity index (χ3n) is 5.58. The van der Waals surface area contributed by atoms with Gasteiger partial charge in [-0.25, -0.2) is 0 Å². The quantitative estimate of drug-likeness (QED) is 0.843. The van der Waals surface area contributed by atoms with Crippen molar-refractivity contribution in [2.75, 3.05) is 26.2 Å². The summed E-state index contributed by atoms with van der Waals surface area (Å²) in [5, 5.41) is 3.84. The summed E-state index contributed by atoms with van der Waals surface area (Å²) in [6.07, 6.45) is 9.26. The highest BCUT2D eigenvalue weighted by molar-refractivity contribution is 4.93. The summed E-state index contributed by atoms with van der Waals surface area (Å²) in [6, 6.07) is 0.835. The van der Waals surface area contributed by atoms with Gasteiger partial charge in [0.1, 0.15) is 0 Å². The lowest BCUT2D eigenvalue weighted by molar-refractivity contribution is -0.0817. The predicted molar refractivity (Wildman–Crippen MR) is 87.5 cm³/mol. The van der Waals surface area contributed by atoms with Crippen molar-refractivity contribution in [3.05, 3.63) is 0 Å². The summed E-state index contributed by atoms with van der Waals surface area (Å²) in [7, 11) is 0. The van der Waals surface area contributed by atoms with Crippen molar-refractivity contribution < 1.29 is 4.74 Å². The van der Waals surface area contributed by atoms with Crippen LogP contribution in [-0.4, -0.2) is 49.3 Å². The zero-order chi connectivity index (χ0) is 14.9. The molecule has 2 saturated carbocycles. The molecule has 0 bridgehead atoms. The summed E-state index contributed by atoms with van der Waals surface area (Å²) in [5.41, 5.74) is 0.511. The topological polar surface area (TPSA) is 24.5 Å². The number of hydrogen-bond acceptors (Lipinski definition) is 3. The van der Waals surface area contributed by atoms with Crippen LogP contribution in [-0.2, 0) is 4.74 Å². The number of nitrogens with zero attached hydrogens (tertiary/aromatic N) is 1. The minimum Gasteiger partial charge on any atom is -0.373 e. The Balaban J connectivity index is 1.62. The van der Waals surface area contributed by atoms with E-state index in [0.29, 0.717) is 17.6 Å². The molecule has 3 rings (SSSR count). The van der Waals surface area contributed by atoms with Crippen LogP contribution in [0.3, 0.4) is 0 Å². The molecular weight excluding hydrogens is 260 g/mol. The van der Waals surface area contributed by atoms with Crippen LogP contribution in [0.2, 0.25) is 0 Å². The standard InChI is InChI=1S/C18H34N2O/c1-14-5-4-8-18(9-14,12-19-17-6-7-17)13-20-10-15(2)21-16(3)11-20/h14-17,19H,4-13H2,1-3H3. The Morgan fingerprint density at radius 2 is 1.81 bits per heavy atom. The maximum absolute atomic E-state index is 5.91. The van der Waals surface area contributed by atoms with Crippen molar-refractivity contribution in [2.24, 2.45) is 11.3 Å².